The third kappa shape index (κ3) is 2.81. The van der Waals surface area contributed by atoms with E-state index < -0.39 is 0 Å². The number of hydrogen-bond donors (Lipinski definition) is 1. The van der Waals surface area contributed by atoms with Gasteiger partial charge in [-0.2, -0.15) is 0 Å². The Morgan fingerprint density at radius 2 is 2.17 bits per heavy atom. The molecule has 2 aliphatic heterocycles. The molecule has 1 fully saturated rings. The SMILES string of the molecule is Brc1ccc2c(c1)NCN2C1CCCCO1.CC. The van der Waals surface area contributed by atoms with Crippen LogP contribution >= 0.6 is 15.9 Å². The van der Waals surface area contributed by atoms with Crippen molar-refractivity contribution in [1.82, 2.24) is 0 Å². The molecule has 4 heteroatoms. The summed E-state index contributed by atoms with van der Waals surface area (Å²) < 4.78 is 6.94. The van der Waals surface area contributed by atoms with Crippen molar-refractivity contribution < 1.29 is 4.74 Å². The first-order chi connectivity index (χ1) is 8.84. The van der Waals surface area contributed by atoms with Crippen LogP contribution < -0.4 is 10.2 Å². The number of anilines is 2. The van der Waals surface area contributed by atoms with Crippen LogP contribution in [0.4, 0.5) is 11.4 Å². The van der Waals surface area contributed by atoms with Gasteiger partial charge in [-0.15, -0.1) is 0 Å². The van der Waals surface area contributed by atoms with Gasteiger partial charge in [-0.05, 0) is 37.5 Å². The number of fused-ring (bicyclic) bond motifs is 1. The molecule has 100 valence electrons. The fourth-order valence-corrected chi connectivity index (χ4v) is 2.74. The Hall–Kier alpha value is -0.740. The van der Waals surface area contributed by atoms with Gasteiger partial charge in [0.15, 0.2) is 0 Å². The van der Waals surface area contributed by atoms with Gasteiger partial charge in [0.25, 0.3) is 0 Å². The van der Waals surface area contributed by atoms with E-state index in [0.717, 1.165) is 24.2 Å². The molecule has 1 N–H and O–H groups in total. The van der Waals surface area contributed by atoms with E-state index in [9.17, 15) is 0 Å². The van der Waals surface area contributed by atoms with Crippen LogP contribution in [0.2, 0.25) is 0 Å². The molecule has 18 heavy (non-hydrogen) atoms. The third-order valence-corrected chi connectivity index (χ3v) is 3.70. The second-order valence-corrected chi connectivity index (χ2v) is 5.20. The highest BCUT2D eigenvalue weighted by Gasteiger charge is 2.27. The molecule has 0 saturated carbocycles. The average Bonchev–Trinajstić information content (AvgIpc) is 2.85. The summed E-state index contributed by atoms with van der Waals surface area (Å²) in [5.74, 6) is 0. The van der Waals surface area contributed by atoms with Gasteiger partial charge < -0.3 is 15.0 Å². The van der Waals surface area contributed by atoms with Gasteiger partial charge in [-0.1, -0.05) is 29.8 Å². The molecule has 1 saturated heterocycles. The van der Waals surface area contributed by atoms with Crippen LogP contribution in [0.15, 0.2) is 22.7 Å². The maximum absolute atomic E-state index is 5.82. The summed E-state index contributed by atoms with van der Waals surface area (Å²) in [4.78, 5) is 2.32. The van der Waals surface area contributed by atoms with Gasteiger partial charge >= 0.3 is 0 Å². The first-order valence-corrected chi connectivity index (χ1v) is 7.55. The fourth-order valence-electron chi connectivity index (χ4n) is 2.38. The molecule has 1 unspecified atom stereocenters. The molecule has 0 aliphatic carbocycles. The summed E-state index contributed by atoms with van der Waals surface area (Å²) in [5, 5.41) is 3.40. The maximum Gasteiger partial charge on any atom is 0.131 e. The Bertz CT molecular complexity index is 391. The topological polar surface area (TPSA) is 24.5 Å². The lowest BCUT2D eigenvalue weighted by Crippen LogP contribution is -2.39. The number of ether oxygens (including phenoxy) is 1. The Kier molecular flexibility index (Phi) is 4.89. The van der Waals surface area contributed by atoms with Gasteiger partial charge in [0.1, 0.15) is 6.23 Å². The molecule has 2 heterocycles. The largest absolute Gasteiger partial charge is 0.366 e. The van der Waals surface area contributed by atoms with Crippen molar-refractivity contribution in [1.29, 1.82) is 0 Å². The zero-order valence-corrected chi connectivity index (χ0v) is 12.7. The van der Waals surface area contributed by atoms with Crippen LogP contribution in [0.25, 0.3) is 0 Å². The molecule has 3 rings (SSSR count). The van der Waals surface area contributed by atoms with Gasteiger partial charge in [0.2, 0.25) is 0 Å². The molecule has 0 aromatic heterocycles. The standard InChI is InChI=1S/C12H15BrN2O.C2H6/c13-9-4-5-11-10(7-9)14-8-15(11)12-3-1-2-6-16-12;1-2/h4-5,7,12,14H,1-3,6,8H2;1-2H3. The quantitative estimate of drug-likeness (QED) is 0.841. The smallest absolute Gasteiger partial charge is 0.131 e. The van der Waals surface area contributed by atoms with E-state index in [1.807, 2.05) is 13.8 Å². The molecule has 1 atom stereocenters. The number of nitrogens with zero attached hydrogens (tertiary/aromatic N) is 1. The minimum Gasteiger partial charge on any atom is -0.366 e. The van der Waals surface area contributed by atoms with Gasteiger partial charge in [-0.25, -0.2) is 0 Å². The molecule has 2 aliphatic rings. The van der Waals surface area contributed by atoms with E-state index in [-0.39, 0.29) is 6.23 Å². The molecule has 3 nitrogen and oxygen atoms in total. The molecule has 0 bridgehead atoms. The Balaban J connectivity index is 0.000000574. The predicted octanol–water partition coefficient (Wildman–Crippen LogP) is 4.19. The summed E-state index contributed by atoms with van der Waals surface area (Å²) >= 11 is 3.49. The van der Waals surface area contributed by atoms with Crippen molar-refractivity contribution in [2.45, 2.75) is 39.3 Å². The molecule has 0 amide bonds. The number of rotatable bonds is 1. The number of benzene rings is 1. The summed E-state index contributed by atoms with van der Waals surface area (Å²) in [5.41, 5.74) is 2.46. The minimum atomic E-state index is 0.253. The van der Waals surface area contributed by atoms with Crippen molar-refractivity contribution in [3.63, 3.8) is 0 Å². The van der Waals surface area contributed by atoms with E-state index in [2.05, 4.69) is 44.3 Å². The van der Waals surface area contributed by atoms with E-state index >= 15 is 0 Å². The molecule has 1 aromatic rings. The Morgan fingerprint density at radius 3 is 2.89 bits per heavy atom. The lowest BCUT2D eigenvalue weighted by atomic mass is 10.1. The molecule has 0 spiro atoms. The van der Waals surface area contributed by atoms with Crippen LogP contribution in [-0.2, 0) is 4.74 Å². The lowest BCUT2D eigenvalue weighted by Gasteiger charge is -2.32. The van der Waals surface area contributed by atoms with Crippen molar-refractivity contribution in [2.75, 3.05) is 23.5 Å². The summed E-state index contributed by atoms with van der Waals surface area (Å²) in [6.07, 6.45) is 3.86. The summed E-state index contributed by atoms with van der Waals surface area (Å²) in [6.45, 7) is 5.75. The van der Waals surface area contributed by atoms with Crippen LogP contribution in [0.3, 0.4) is 0 Å². The first kappa shape index (κ1) is 13.7. The molecular weight excluding hydrogens is 292 g/mol. The normalized spacial score (nSPS) is 21.7. The second-order valence-electron chi connectivity index (χ2n) is 4.29. The van der Waals surface area contributed by atoms with Gasteiger partial charge in [0, 0.05) is 11.1 Å². The van der Waals surface area contributed by atoms with E-state index in [4.69, 9.17) is 4.74 Å². The van der Waals surface area contributed by atoms with E-state index in [1.165, 1.54) is 24.2 Å². The highest BCUT2D eigenvalue weighted by molar-refractivity contribution is 9.10. The highest BCUT2D eigenvalue weighted by Crippen LogP contribution is 2.36. The average molecular weight is 313 g/mol. The predicted molar refractivity (Wildman–Crippen MR) is 80.0 cm³/mol. The summed E-state index contributed by atoms with van der Waals surface area (Å²) in [7, 11) is 0. The van der Waals surface area contributed by atoms with Gasteiger partial charge in [0.05, 0.1) is 18.0 Å². The fraction of sp³-hybridized carbons (Fsp3) is 0.571. The van der Waals surface area contributed by atoms with Crippen molar-refractivity contribution >= 4 is 27.3 Å². The maximum atomic E-state index is 5.82. The Labute approximate surface area is 118 Å². The zero-order chi connectivity index (χ0) is 13.0. The second kappa shape index (κ2) is 6.43. The first-order valence-electron chi connectivity index (χ1n) is 6.76. The molecule has 0 radical (unpaired) electrons. The molecular formula is C14H21BrN2O. The third-order valence-electron chi connectivity index (χ3n) is 3.21. The van der Waals surface area contributed by atoms with Gasteiger partial charge in [-0.3, -0.25) is 0 Å². The van der Waals surface area contributed by atoms with E-state index in [0.29, 0.717) is 0 Å². The number of nitrogens with one attached hydrogen (secondary N) is 1. The minimum absolute atomic E-state index is 0.253. The Morgan fingerprint density at radius 1 is 1.33 bits per heavy atom. The van der Waals surface area contributed by atoms with Crippen LogP contribution in [0.1, 0.15) is 33.1 Å². The van der Waals surface area contributed by atoms with E-state index in [1.54, 1.807) is 0 Å². The zero-order valence-electron chi connectivity index (χ0n) is 11.1. The molecule has 1 aromatic carbocycles. The lowest BCUT2D eigenvalue weighted by molar-refractivity contribution is 0.0159. The van der Waals surface area contributed by atoms with Crippen LogP contribution in [0, 0.1) is 0 Å². The van der Waals surface area contributed by atoms with Crippen molar-refractivity contribution in [2.24, 2.45) is 0 Å². The van der Waals surface area contributed by atoms with Crippen molar-refractivity contribution in [3.05, 3.63) is 22.7 Å². The highest BCUT2D eigenvalue weighted by atomic mass is 79.9. The monoisotopic (exact) mass is 312 g/mol. The van der Waals surface area contributed by atoms with Crippen molar-refractivity contribution in [3.8, 4) is 0 Å². The number of hydrogen-bond acceptors (Lipinski definition) is 3. The number of halogens is 1. The van der Waals surface area contributed by atoms with Crippen LogP contribution in [-0.4, -0.2) is 19.5 Å². The summed E-state index contributed by atoms with van der Waals surface area (Å²) in [6, 6.07) is 6.36. The van der Waals surface area contributed by atoms with Crippen LogP contribution in [0.5, 0.6) is 0 Å².